The molecule has 0 aromatic carbocycles. The number of oxime groups is 1. The van der Waals surface area contributed by atoms with Crippen LogP contribution in [-0.4, -0.2) is 23.4 Å². The van der Waals surface area contributed by atoms with Crippen LogP contribution < -0.4 is 0 Å². The topological polar surface area (TPSA) is 58.9 Å². The minimum atomic E-state index is -0.750. The van der Waals surface area contributed by atoms with Gasteiger partial charge in [0.2, 0.25) is 0 Å². The zero-order chi connectivity index (χ0) is 11.6. The van der Waals surface area contributed by atoms with E-state index in [9.17, 15) is 4.79 Å². The first-order valence-electron chi connectivity index (χ1n) is 5.33. The second-order valence-corrected chi connectivity index (χ2v) is 4.74. The summed E-state index contributed by atoms with van der Waals surface area (Å²) >= 11 is 0. The molecule has 4 heteroatoms. The molecule has 0 aromatic heterocycles. The fourth-order valence-electron chi connectivity index (χ4n) is 1.71. The van der Waals surface area contributed by atoms with Gasteiger partial charge in [-0.25, -0.2) is 0 Å². The third kappa shape index (κ3) is 2.49. The Balaban J connectivity index is 2.44. The predicted octanol–water partition coefficient (Wildman–Crippen LogP) is 2.14. The van der Waals surface area contributed by atoms with Crippen molar-refractivity contribution in [1.82, 2.24) is 0 Å². The van der Waals surface area contributed by atoms with Crippen LogP contribution >= 0.6 is 0 Å². The second-order valence-electron chi connectivity index (χ2n) is 4.74. The Kier molecular flexibility index (Phi) is 3.37. The molecule has 1 unspecified atom stereocenters. The van der Waals surface area contributed by atoms with E-state index in [1.807, 2.05) is 27.7 Å². The lowest BCUT2D eigenvalue weighted by Gasteiger charge is -2.04. The Morgan fingerprint density at radius 3 is 2.67 bits per heavy atom. The van der Waals surface area contributed by atoms with Gasteiger partial charge >= 0.3 is 5.97 Å². The standard InChI is InChI=1S/C11H19NO3/c1-5-7(2)15-12-6-8-9(10(13)14)11(8,3)4/h6-9H,5H2,1-4H3,(H,13,14)/t7?,8-,9+/m1/s1. The average Bonchev–Trinajstić information content (AvgIpc) is 2.68. The average molecular weight is 213 g/mol. The van der Waals surface area contributed by atoms with Crippen LogP contribution in [0, 0.1) is 17.3 Å². The molecule has 1 saturated carbocycles. The van der Waals surface area contributed by atoms with Gasteiger partial charge < -0.3 is 9.94 Å². The first-order valence-corrected chi connectivity index (χ1v) is 5.33. The van der Waals surface area contributed by atoms with Gasteiger partial charge in [0.1, 0.15) is 6.10 Å². The van der Waals surface area contributed by atoms with Crippen molar-refractivity contribution in [2.45, 2.75) is 40.2 Å². The second kappa shape index (κ2) is 4.21. The van der Waals surface area contributed by atoms with E-state index in [2.05, 4.69) is 5.16 Å². The number of nitrogens with zero attached hydrogens (tertiary/aromatic N) is 1. The Morgan fingerprint density at radius 2 is 2.27 bits per heavy atom. The zero-order valence-electron chi connectivity index (χ0n) is 9.73. The molecule has 0 saturated heterocycles. The summed E-state index contributed by atoms with van der Waals surface area (Å²) in [5.74, 6) is -1.07. The van der Waals surface area contributed by atoms with E-state index in [0.717, 1.165) is 6.42 Å². The lowest BCUT2D eigenvalue weighted by molar-refractivity contribution is -0.139. The van der Waals surface area contributed by atoms with Crippen molar-refractivity contribution in [2.24, 2.45) is 22.4 Å². The molecule has 0 heterocycles. The maximum absolute atomic E-state index is 10.8. The number of carboxylic acid groups (broad SMARTS) is 1. The third-order valence-electron chi connectivity index (χ3n) is 3.21. The molecule has 1 fully saturated rings. The van der Waals surface area contributed by atoms with E-state index < -0.39 is 5.97 Å². The van der Waals surface area contributed by atoms with Gasteiger partial charge in [0.05, 0.1) is 5.92 Å². The van der Waals surface area contributed by atoms with Crippen molar-refractivity contribution in [2.75, 3.05) is 0 Å². The molecule has 0 amide bonds. The van der Waals surface area contributed by atoms with Gasteiger partial charge in [0, 0.05) is 12.1 Å². The molecule has 0 radical (unpaired) electrons. The van der Waals surface area contributed by atoms with Crippen molar-refractivity contribution in [3.63, 3.8) is 0 Å². The molecule has 0 aromatic rings. The maximum Gasteiger partial charge on any atom is 0.307 e. The normalized spacial score (nSPS) is 30.1. The molecular formula is C11H19NO3. The highest BCUT2D eigenvalue weighted by atomic mass is 16.6. The Morgan fingerprint density at radius 1 is 1.67 bits per heavy atom. The predicted molar refractivity (Wildman–Crippen MR) is 57.7 cm³/mol. The molecule has 1 aliphatic carbocycles. The van der Waals surface area contributed by atoms with E-state index >= 15 is 0 Å². The molecule has 1 N–H and O–H groups in total. The SMILES string of the molecule is CCC(C)ON=C[C@@H]1[C@@H](C(=O)O)C1(C)C. The van der Waals surface area contributed by atoms with E-state index in [1.165, 1.54) is 0 Å². The summed E-state index contributed by atoms with van der Waals surface area (Å²) in [7, 11) is 0. The molecule has 15 heavy (non-hydrogen) atoms. The fraction of sp³-hybridized carbons (Fsp3) is 0.818. The van der Waals surface area contributed by atoms with Crippen LogP contribution in [0.15, 0.2) is 5.16 Å². The number of hydrogen-bond donors (Lipinski definition) is 1. The lowest BCUT2D eigenvalue weighted by Crippen LogP contribution is -2.03. The van der Waals surface area contributed by atoms with Crippen LogP contribution in [0.5, 0.6) is 0 Å². The van der Waals surface area contributed by atoms with Crippen molar-refractivity contribution in [1.29, 1.82) is 0 Å². The highest BCUT2D eigenvalue weighted by Gasteiger charge is 2.61. The summed E-state index contributed by atoms with van der Waals surface area (Å²) in [5, 5.41) is 12.8. The Bertz CT molecular complexity index is 273. The first kappa shape index (κ1) is 12.0. The highest BCUT2D eigenvalue weighted by molar-refractivity contribution is 5.84. The van der Waals surface area contributed by atoms with Gasteiger partial charge in [-0.1, -0.05) is 25.9 Å². The van der Waals surface area contributed by atoms with Crippen LogP contribution in [0.1, 0.15) is 34.1 Å². The first-order chi connectivity index (χ1) is 6.91. The van der Waals surface area contributed by atoms with Crippen LogP contribution in [0.25, 0.3) is 0 Å². The number of rotatable bonds is 5. The van der Waals surface area contributed by atoms with E-state index in [-0.39, 0.29) is 23.4 Å². The van der Waals surface area contributed by atoms with Gasteiger partial charge in [0.15, 0.2) is 0 Å². The van der Waals surface area contributed by atoms with Gasteiger partial charge in [-0.3, -0.25) is 4.79 Å². The van der Waals surface area contributed by atoms with Crippen LogP contribution in [0.4, 0.5) is 0 Å². The fourth-order valence-corrected chi connectivity index (χ4v) is 1.71. The summed E-state index contributed by atoms with van der Waals surface area (Å²) in [6.07, 6.45) is 2.62. The van der Waals surface area contributed by atoms with Crippen molar-refractivity contribution in [3.8, 4) is 0 Å². The van der Waals surface area contributed by atoms with E-state index in [4.69, 9.17) is 9.94 Å². The Hall–Kier alpha value is -1.06. The number of carboxylic acids is 1. The molecule has 4 nitrogen and oxygen atoms in total. The quantitative estimate of drug-likeness (QED) is 0.562. The van der Waals surface area contributed by atoms with Crippen molar-refractivity contribution >= 4 is 12.2 Å². The zero-order valence-corrected chi connectivity index (χ0v) is 9.73. The maximum atomic E-state index is 10.8. The molecule has 0 spiro atoms. The highest BCUT2D eigenvalue weighted by Crippen LogP contribution is 2.57. The molecule has 1 rings (SSSR count). The molecule has 1 aliphatic rings. The van der Waals surface area contributed by atoms with Gasteiger partial charge in [-0.2, -0.15) is 0 Å². The molecular weight excluding hydrogens is 194 g/mol. The number of hydrogen-bond acceptors (Lipinski definition) is 3. The monoisotopic (exact) mass is 213 g/mol. The molecule has 3 atom stereocenters. The van der Waals surface area contributed by atoms with Crippen molar-refractivity contribution in [3.05, 3.63) is 0 Å². The third-order valence-corrected chi connectivity index (χ3v) is 3.21. The molecule has 86 valence electrons. The van der Waals surface area contributed by atoms with Crippen molar-refractivity contribution < 1.29 is 14.7 Å². The van der Waals surface area contributed by atoms with Crippen LogP contribution in [0.3, 0.4) is 0 Å². The molecule has 0 aliphatic heterocycles. The van der Waals surface area contributed by atoms with Crippen LogP contribution in [-0.2, 0) is 9.63 Å². The lowest BCUT2D eigenvalue weighted by atomic mass is 10.1. The van der Waals surface area contributed by atoms with E-state index in [1.54, 1.807) is 6.21 Å². The summed E-state index contributed by atoms with van der Waals surface area (Å²) < 4.78 is 0. The minimum Gasteiger partial charge on any atom is -0.481 e. The summed E-state index contributed by atoms with van der Waals surface area (Å²) in [6, 6.07) is 0. The summed E-state index contributed by atoms with van der Waals surface area (Å²) in [6.45, 7) is 7.82. The van der Waals surface area contributed by atoms with Crippen LogP contribution in [0.2, 0.25) is 0 Å². The Labute approximate surface area is 90.3 Å². The van der Waals surface area contributed by atoms with E-state index in [0.29, 0.717) is 0 Å². The molecule has 0 bridgehead atoms. The van der Waals surface area contributed by atoms with Gasteiger partial charge in [-0.15, -0.1) is 0 Å². The minimum absolute atomic E-state index is 0.000874. The largest absolute Gasteiger partial charge is 0.481 e. The smallest absolute Gasteiger partial charge is 0.307 e. The van der Waals surface area contributed by atoms with Gasteiger partial charge in [0.25, 0.3) is 0 Å². The summed E-state index contributed by atoms with van der Waals surface area (Å²) in [4.78, 5) is 16.0. The van der Waals surface area contributed by atoms with Gasteiger partial charge in [-0.05, 0) is 18.8 Å². The number of aliphatic carboxylic acids is 1. The number of carbonyl (C=O) groups is 1. The summed E-state index contributed by atoms with van der Waals surface area (Å²) in [5.41, 5.74) is -0.186.